The highest BCUT2D eigenvalue weighted by molar-refractivity contribution is 7.13. The van der Waals surface area contributed by atoms with Gasteiger partial charge in [0, 0.05) is 17.5 Å². The summed E-state index contributed by atoms with van der Waals surface area (Å²) in [6, 6.07) is 1.33. The highest BCUT2D eigenvalue weighted by Crippen LogP contribution is 2.27. The van der Waals surface area contributed by atoms with Crippen LogP contribution in [0.15, 0.2) is 24.1 Å². The molecule has 0 aliphatic carbocycles. The van der Waals surface area contributed by atoms with Gasteiger partial charge >= 0.3 is 5.00 Å². The van der Waals surface area contributed by atoms with Crippen LogP contribution >= 0.6 is 11.3 Å². The third-order valence-electron chi connectivity index (χ3n) is 1.63. The van der Waals surface area contributed by atoms with E-state index in [0.29, 0.717) is 6.42 Å². The molecule has 0 unspecified atom stereocenters. The monoisotopic (exact) mass is 198 g/mol. The van der Waals surface area contributed by atoms with Gasteiger partial charge in [-0.25, -0.2) is 0 Å². The second-order valence-corrected chi connectivity index (χ2v) is 3.50. The van der Waals surface area contributed by atoms with E-state index in [0.717, 1.165) is 16.9 Å². The van der Waals surface area contributed by atoms with Gasteiger partial charge in [-0.1, -0.05) is 17.4 Å². The van der Waals surface area contributed by atoms with Crippen LogP contribution in [0.4, 0.5) is 5.00 Å². The molecule has 0 saturated heterocycles. The normalized spacial score (nSPS) is 12.4. The first-order chi connectivity index (χ1) is 6.15. The lowest BCUT2D eigenvalue weighted by molar-refractivity contribution is -0.380. The Morgan fingerprint density at radius 1 is 1.85 bits per heavy atom. The zero-order valence-corrected chi connectivity index (χ0v) is 7.79. The predicted molar refractivity (Wildman–Crippen MR) is 52.7 cm³/mol. The van der Waals surface area contributed by atoms with Crippen LogP contribution in [0, 0.1) is 10.1 Å². The zero-order chi connectivity index (χ0) is 9.84. The number of thiophene rings is 1. The van der Waals surface area contributed by atoms with Gasteiger partial charge in [0.05, 0.1) is 4.92 Å². The van der Waals surface area contributed by atoms with Gasteiger partial charge in [-0.2, -0.15) is 0 Å². The summed E-state index contributed by atoms with van der Waals surface area (Å²) in [5.41, 5.74) is 6.53. The summed E-state index contributed by atoms with van der Waals surface area (Å²) in [6.07, 6.45) is 2.34. The van der Waals surface area contributed by atoms with Crippen molar-refractivity contribution in [2.24, 2.45) is 5.73 Å². The van der Waals surface area contributed by atoms with E-state index in [1.54, 1.807) is 11.5 Å². The molecule has 0 aliphatic heterocycles. The standard InChI is InChI=1S/C8H10N2O2S/c1-2-3-7(9)6-4-8(10(11)12)13-5-6/h2,4-5,7H,1,3,9H2/t7-/m0/s1. The fourth-order valence-electron chi connectivity index (χ4n) is 0.945. The van der Waals surface area contributed by atoms with Crippen molar-refractivity contribution < 1.29 is 4.92 Å². The van der Waals surface area contributed by atoms with E-state index in [4.69, 9.17) is 5.73 Å². The molecule has 70 valence electrons. The first-order valence-electron chi connectivity index (χ1n) is 3.74. The van der Waals surface area contributed by atoms with Crippen molar-refractivity contribution in [2.45, 2.75) is 12.5 Å². The van der Waals surface area contributed by atoms with Crippen LogP contribution in [0.1, 0.15) is 18.0 Å². The van der Waals surface area contributed by atoms with Gasteiger partial charge in [-0.3, -0.25) is 10.1 Å². The summed E-state index contributed by atoms with van der Waals surface area (Å²) >= 11 is 1.10. The Labute approximate surface area is 79.8 Å². The van der Waals surface area contributed by atoms with Gasteiger partial charge < -0.3 is 5.73 Å². The Morgan fingerprint density at radius 2 is 2.54 bits per heavy atom. The van der Waals surface area contributed by atoms with E-state index in [9.17, 15) is 10.1 Å². The number of hydrogen-bond acceptors (Lipinski definition) is 4. The Balaban J connectivity index is 2.78. The number of hydrogen-bond donors (Lipinski definition) is 1. The molecule has 0 saturated carbocycles. The molecular weight excluding hydrogens is 188 g/mol. The molecule has 5 heteroatoms. The van der Waals surface area contributed by atoms with Crippen molar-refractivity contribution in [2.75, 3.05) is 0 Å². The molecule has 0 amide bonds. The lowest BCUT2D eigenvalue weighted by atomic mass is 10.1. The molecule has 1 rings (SSSR count). The average molecular weight is 198 g/mol. The Morgan fingerprint density at radius 3 is 3.00 bits per heavy atom. The maximum Gasteiger partial charge on any atom is 0.324 e. The van der Waals surface area contributed by atoms with E-state index in [-0.39, 0.29) is 11.0 Å². The maximum atomic E-state index is 10.3. The minimum Gasteiger partial charge on any atom is -0.324 e. The molecule has 0 aromatic carbocycles. The average Bonchev–Trinajstić information content (AvgIpc) is 2.52. The van der Waals surface area contributed by atoms with Crippen molar-refractivity contribution in [3.8, 4) is 0 Å². The van der Waals surface area contributed by atoms with Crippen molar-refractivity contribution in [3.63, 3.8) is 0 Å². The Hall–Kier alpha value is -1.20. The molecule has 0 spiro atoms. The van der Waals surface area contributed by atoms with E-state index in [1.165, 1.54) is 6.07 Å². The van der Waals surface area contributed by atoms with Crippen LogP contribution < -0.4 is 5.73 Å². The number of nitrogens with two attached hydrogens (primary N) is 1. The van der Waals surface area contributed by atoms with Crippen LogP contribution in [0.3, 0.4) is 0 Å². The second kappa shape index (κ2) is 4.15. The second-order valence-electron chi connectivity index (χ2n) is 2.61. The number of rotatable bonds is 4. The highest BCUT2D eigenvalue weighted by atomic mass is 32.1. The van der Waals surface area contributed by atoms with Gasteiger partial charge in [0.15, 0.2) is 0 Å². The smallest absolute Gasteiger partial charge is 0.324 e. The van der Waals surface area contributed by atoms with Gasteiger partial charge in [0.25, 0.3) is 0 Å². The molecule has 2 N–H and O–H groups in total. The lowest BCUT2D eigenvalue weighted by Crippen LogP contribution is -2.07. The van der Waals surface area contributed by atoms with Gasteiger partial charge in [0.1, 0.15) is 0 Å². The lowest BCUT2D eigenvalue weighted by Gasteiger charge is -2.03. The predicted octanol–water partition coefficient (Wildman–Crippen LogP) is 2.23. The van der Waals surface area contributed by atoms with E-state index in [2.05, 4.69) is 6.58 Å². The maximum absolute atomic E-state index is 10.3. The third kappa shape index (κ3) is 2.37. The van der Waals surface area contributed by atoms with Crippen molar-refractivity contribution in [3.05, 3.63) is 39.8 Å². The molecular formula is C8H10N2O2S. The Kier molecular flexibility index (Phi) is 3.16. The largest absolute Gasteiger partial charge is 0.324 e. The van der Waals surface area contributed by atoms with Crippen LogP contribution in [-0.2, 0) is 0 Å². The summed E-state index contributed by atoms with van der Waals surface area (Å²) in [5, 5.41) is 12.2. The molecule has 4 nitrogen and oxygen atoms in total. The van der Waals surface area contributed by atoms with E-state index >= 15 is 0 Å². The van der Waals surface area contributed by atoms with Crippen LogP contribution in [0.2, 0.25) is 0 Å². The molecule has 0 aliphatic rings. The zero-order valence-electron chi connectivity index (χ0n) is 6.97. The molecule has 0 fully saturated rings. The van der Waals surface area contributed by atoms with Gasteiger partial charge in [-0.15, -0.1) is 6.58 Å². The quantitative estimate of drug-likeness (QED) is 0.458. The SMILES string of the molecule is C=CC[C@H](N)c1csc([N+](=O)[O-])c1. The summed E-state index contributed by atoms with van der Waals surface area (Å²) in [5.74, 6) is 0. The fraction of sp³-hybridized carbons (Fsp3) is 0.250. The minimum atomic E-state index is -0.408. The fourth-order valence-corrected chi connectivity index (χ4v) is 1.73. The van der Waals surface area contributed by atoms with Crippen LogP contribution in [0.5, 0.6) is 0 Å². The molecule has 1 aromatic rings. The van der Waals surface area contributed by atoms with Crippen LogP contribution in [-0.4, -0.2) is 4.92 Å². The van der Waals surface area contributed by atoms with E-state index in [1.807, 2.05) is 0 Å². The first kappa shape index (κ1) is 9.88. The molecule has 0 radical (unpaired) electrons. The molecule has 0 bridgehead atoms. The first-order valence-corrected chi connectivity index (χ1v) is 4.62. The van der Waals surface area contributed by atoms with Gasteiger partial charge in [0.2, 0.25) is 0 Å². The molecule has 13 heavy (non-hydrogen) atoms. The number of nitrogens with zero attached hydrogens (tertiary/aromatic N) is 1. The van der Waals surface area contributed by atoms with E-state index < -0.39 is 4.92 Å². The van der Waals surface area contributed by atoms with Crippen LogP contribution in [0.25, 0.3) is 0 Å². The summed E-state index contributed by atoms with van der Waals surface area (Å²) in [7, 11) is 0. The Bertz CT molecular complexity index is 322. The topological polar surface area (TPSA) is 69.2 Å². The van der Waals surface area contributed by atoms with Crippen molar-refractivity contribution in [1.82, 2.24) is 0 Å². The highest BCUT2D eigenvalue weighted by Gasteiger charge is 2.13. The summed E-state index contributed by atoms with van der Waals surface area (Å²) < 4.78 is 0. The third-order valence-corrected chi connectivity index (χ3v) is 2.53. The number of nitro groups is 1. The summed E-state index contributed by atoms with van der Waals surface area (Å²) in [6.45, 7) is 3.56. The van der Waals surface area contributed by atoms with Crippen molar-refractivity contribution >= 4 is 16.3 Å². The van der Waals surface area contributed by atoms with Crippen molar-refractivity contribution in [1.29, 1.82) is 0 Å². The molecule has 1 atom stereocenters. The molecule has 1 heterocycles. The molecule has 1 aromatic heterocycles. The minimum absolute atomic E-state index is 0.134. The van der Waals surface area contributed by atoms with Gasteiger partial charge in [-0.05, 0) is 12.0 Å². The summed E-state index contributed by atoms with van der Waals surface area (Å²) in [4.78, 5) is 9.94.